The summed E-state index contributed by atoms with van der Waals surface area (Å²) in [6.07, 6.45) is 1.45. The number of H-pyrrole nitrogens is 2. The van der Waals surface area contributed by atoms with Crippen LogP contribution in [0.3, 0.4) is 0 Å². The van der Waals surface area contributed by atoms with E-state index in [4.69, 9.17) is 5.73 Å². The second-order valence-corrected chi connectivity index (χ2v) is 7.20. The topological polar surface area (TPSA) is 113 Å². The molecule has 0 radical (unpaired) electrons. The lowest BCUT2D eigenvalue weighted by Crippen LogP contribution is -2.44. The number of nitrogens with two attached hydrogens (primary N) is 1. The molecule has 1 aliphatic rings. The highest BCUT2D eigenvalue weighted by molar-refractivity contribution is 5.83. The van der Waals surface area contributed by atoms with Gasteiger partial charge in [0, 0.05) is 30.4 Å². The molecule has 1 aromatic carbocycles. The van der Waals surface area contributed by atoms with E-state index in [1.165, 1.54) is 0 Å². The van der Waals surface area contributed by atoms with Gasteiger partial charge in [-0.3, -0.25) is 14.5 Å². The molecule has 0 aliphatic carbocycles. The lowest BCUT2D eigenvalue weighted by Gasteiger charge is -2.34. The average Bonchev–Trinajstić information content (AvgIpc) is 3.18. The number of amides is 1. The Hall–Kier alpha value is -2.87. The van der Waals surface area contributed by atoms with Gasteiger partial charge < -0.3 is 15.6 Å². The van der Waals surface area contributed by atoms with Crippen LogP contribution in [0.5, 0.6) is 0 Å². The van der Waals surface area contributed by atoms with E-state index in [1.54, 1.807) is 4.90 Å². The molecule has 1 unspecified atom stereocenters. The molecule has 142 valence electrons. The summed E-state index contributed by atoms with van der Waals surface area (Å²) in [4.78, 5) is 29.9. The molecule has 0 saturated carbocycles. The first kappa shape index (κ1) is 17.5. The van der Waals surface area contributed by atoms with E-state index >= 15 is 0 Å². The summed E-state index contributed by atoms with van der Waals surface area (Å²) in [5, 5.41) is 7.01. The number of nitrogens with zero attached hydrogens (tertiary/aromatic N) is 3. The van der Waals surface area contributed by atoms with Crippen molar-refractivity contribution in [2.24, 2.45) is 5.73 Å². The van der Waals surface area contributed by atoms with Gasteiger partial charge in [0.15, 0.2) is 0 Å². The predicted molar refractivity (Wildman–Crippen MR) is 102 cm³/mol. The molecule has 0 spiro atoms. The minimum Gasteiger partial charge on any atom is -0.341 e. The molecule has 1 fully saturated rings. The van der Waals surface area contributed by atoms with E-state index in [0.29, 0.717) is 13.1 Å². The maximum absolute atomic E-state index is 12.9. The number of para-hydroxylation sites is 2. The number of carbonyl (C=O) groups excluding carboxylic acids is 1. The average molecular weight is 368 g/mol. The van der Waals surface area contributed by atoms with Crippen LogP contribution in [0.2, 0.25) is 0 Å². The summed E-state index contributed by atoms with van der Waals surface area (Å²) in [6.45, 7) is 4.89. The fourth-order valence-electron chi connectivity index (χ4n) is 4.12. The highest BCUT2D eigenvalue weighted by Crippen LogP contribution is 2.27. The zero-order chi connectivity index (χ0) is 19.1. The minimum absolute atomic E-state index is 0.0753. The van der Waals surface area contributed by atoms with Gasteiger partial charge in [-0.1, -0.05) is 12.1 Å². The number of nitrogens with one attached hydrogen (secondary N) is 2. The number of aromatic nitrogens is 4. The molecule has 1 saturated heterocycles. The third-order valence-electron chi connectivity index (χ3n) is 5.53. The SMILES string of the molecule is Cc1n[nH]c(C)c1C(N)C(=O)N1CCC(n2c(=O)[nH]c3ccccc32)CC1. The van der Waals surface area contributed by atoms with Gasteiger partial charge in [0.2, 0.25) is 5.91 Å². The lowest BCUT2D eigenvalue weighted by atomic mass is 10.0. The highest BCUT2D eigenvalue weighted by Gasteiger charge is 2.30. The number of benzene rings is 1. The van der Waals surface area contributed by atoms with Gasteiger partial charge in [0.25, 0.3) is 0 Å². The Morgan fingerprint density at radius 3 is 2.63 bits per heavy atom. The van der Waals surface area contributed by atoms with Gasteiger partial charge >= 0.3 is 5.69 Å². The van der Waals surface area contributed by atoms with Crippen LogP contribution in [0.1, 0.15) is 41.9 Å². The van der Waals surface area contributed by atoms with E-state index in [1.807, 2.05) is 42.7 Å². The Bertz CT molecular complexity index is 1020. The third-order valence-corrected chi connectivity index (χ3v) is 5.53. The second kappa shape index (κ2) is 6.70. The van der Waals surface area contributed by atoms with Crippen LogP contribution in [0.15, 0.2) is 29.1 Å². The zero-order valence-electron chi connectivity index (χ0n) is 15.5. The van der Waals surface area contributed by atoms with Gasteiger partial charge in [-0.15, -0.1) is 0 Å². The molecule has 4 rings (SSSR count). The quantitative estimate of drug-likeness (QED) is 0.651. The molecule has 1 amide bonds. The van der Waals surface area contributed by atoms with Crippen molar-refractivity contribution in [1.82, 2.24) is 24.6 Å². The fraction of sp³-hybridized carbons (Fsp3) is 0.421. The van der Waals surface area contributed by atoms with Gasteiger partial charge in [-0.05, 0) is 38.8 Å². The van der Waals surface area contributed by atoms with E-state index in [0.717, 1.165) is 40.8 Å². The number of imidazole rings is 1. The van der Waals surface area contributed by atoms with Crippen LogP contribution >= 0.6 is 0 Å². The smallest absolute Gasteiger partial charge is 0.326 e. The summed E-state index contributed by atoms with van der Waals surface area (Å²) >= 11 is 0. The highest BCUT2D eigenvalue weighted by atomic mass is 16.2. The summed E-state index contributed by atoms with van der Waals surface area (Å²) < 4.78 is 1.82. The summed E-state index contributed by atoms with van der Waals surface area (Å²) in [6, 6.07) is 7.05. The number of hydrogen-bond acceptors (Lipinski definition) is 4. The van der Waals surface area contributed by atoms with E-state index in [2.05, 4.69) is 15.2 Å². The number of piperidine rings is 1. The molecule has 27 heavy (non-hydrogen) atoms. The first-order valence-corrected chi connectivity index (χ1v) is 9.22. The summed E-state index contributed by atoms with van der Waals surface area (Å²) in [5.41, 5.74) is 10.2. The van der Waals surface area contributed by atoms with Gasteiger partial charge in [0.1, 0.15) is 6.04 Å². The van der Waals surface area contributed by atoms with Crippen molar-refractivity contribution in [3.8, 4) is 0 Å². The molecule has 1 aliphatic heterocycles. The normalized spacial score (nSPS) is 16.8. The number of likely N-dealkylation sites (tertiary alicyclic amines) is 1. The van der Waals surface area contributed by atoms with E-state index < -0.39 is 6.04 Å². The van der Waals surface area contributed by atoms with Crippen molar-refractivity contribution in [2.45, 2.75) is 38.8 Å². The van der Waals surface area contributed by atoms with Crippen molar-refractivity contribution in [3.05, 3.63) is 51.7 Å². The van der Waals surface area contributed by atoms with Crippen LogP contribution in [0.4, 0.5) is 0 Å². The van der Waals surface area contributed by atoms with Crippen LogP contribution in [-0.4, -0.2) is 43.6 Å². The molecule has 8 heteroatoms. The van der Waals surface area contributed by atoms with Gasteiger partial charge in [-0.2, -0.15) is 5.10 Å². The van der Waals surface area contributed by atoms with Crippen LogP contribution < -0.4 is 11.4 Å². The maximum Gasteiger partial charge on any atom is 0.326 e. The van der Waals surface area contributed by atoms with E-state index in [9.17, 15) is 9.59 Å². The molecular formula is C19H24N6O2. The Kier molecular flexibility index (Phi) is 4.35. The first-order valence-electron chi connectivity index (χ1n) is 9.22. The Labute approximate surface area is 156 Å². The summed E-state index contributed by atoms with van der Waals surface area (Å²) in [7, 11) is 0. The van der Waals surface area contributed by atoms with Crippen molar-refractivity contribution in [1.29, 1.82) is 0 Å². The third kappa shape index (κ3) is 2.95. The molecule has 3 aromatic rings. The van der Waals surface area contributed by atoms with Crippen molar-refractivity contribution >= 4 is 16.9 Å². The standard InChI is InChI=1S/C19H24N6O2/c1-11-16(12(2)23-22-11)17(20)18(26)24-9-7-13(8-10-24)25-15-6-4-3-5-14(15)21-19(25)27/h3-6,13,17H,7-10,20H2,1-2H3,(H,21,27)(H,22,23). The number of rotatable bonds is 3. The summed E-state index contributed by atoms with van der Waals surface area (Å²) in [5.74, 6) is -0.0904. The van der Waals surface area contributed by atoms with Crippen LogP contribution in [0, 0.1) is 13.8 Å². The largest absolute Gasteiger partial charge is 0.341 e. The number of aromatic amines is 2. The molecule has 0 bridgehead atoms. The minimum atomic E-state index is -0.712. The van der Waals surface area contributed by atoms with Gasteiger partial charge in [-0.25, -0.2) is 4.79 Å². The van der Waals surface area contributed by atoms with Crippen LogP contribution in [0.25, 0.3) is 11.0 Å². The lowest BCUT2D eigenvalue weighted by molar-refractivity contribution is -0.134. The maximum atomic E-state index is 12.9. The number of hydrogen-bond donors (Lipinski definition) is 3. The Morgan fingerprint density at radius 2 is 1.96 bits per heavy atom. The number of fused-ring (bicyclic) bond motifs is 1. The fourth-order valence-corrected chi connectivity index (χ4v) is 4.12. The molecule has 1 atom stereocenters. The van der Waals surface area contributed by atoms with Crippen LogP contribution in [-0.2, 0) is 4.79 Å². The first-order chi connectivity index (χ1) is 13.0. The molecule has 2 aromatic heterocycles. The van der Waals surface area contributed by atoms with Crippen molar-refractivity contribution < 1.29 is 4.79 Å². The monoisotopic (exact) mass is 368 g/mol. The molecular weight excluding hydrogens is 344 g/mol. The second-order valence-electron chi connectivity index (χ2n) is 7.20. The van der Waals surface area contributed by atoms with Gasteiger partial charge in [0.05, 0.1) is 16.7 Å². The zero-order valence-corrected chi connectivity index (χ0v) is 15.5. The molecule has 4 N–H and O–H groups in total. The van der Waals surface area contributed by atoms with Crippen molar-refractivity contribution in [3.63, 3.8) is 0 Å². The molecule has 8 nitrogen and oxygen atoms in total. The predicted octanol–water partition coefficient (Wildman–Crippen LogP) is 1.53. The van der Waals surface area contributed by atoms with E-state index in [-0.39, 0.29) is 17.6 Å². The Balaban J connectivity index is 1.49. The molecule has 3 heterocycles. The number of aryl methyl sites for hydroxylation is 2. The van der Waals surface area contributed by atoms with Crippen molar-refractivity contribution in [2.75, 3.05) is 13.1 Å². The Morgan fingerprint density at radius 1 is 1.26 bits per heavy atom. The number of carbonyl (C=O) groups is 1.